The van der Waals surface area contributed by atoms with Gasteiger partial charge in [0, 0.05) is 25.0 Å². The van der Waals surface area contributed by atoms with Gasteiger partial charge >= 0.3 is 0 Å². The first-order valence-corrected chi connectivity index (χ1v) is 9.27. The maximum Gasteiger partial charge on any atom is 0.257 e. The van der Waals surface area contributed by atoms with Crippen LogP contribution in [0.4, 0.5) is 14.5 Å². The number of aliphatic hydroxyl groups is 1. The summed E-state index contributed by atoms with van der Waals surface area (Å²) in [5.74, 6) is 6.33. The molecule has 2 aromatic heterocycles. The number of nitrogens with zero attached hydrogens (tertiary/aromatic N) is 3. The lowest BCUT2D eigenvalue weighted by atomic mass is 9.86. The third-order valence-electron chi connectivity index (χ3n) is 4.63. The molecule has 1 fully saturated rings. The summed E-state index contributed by atoms with van der Waals surface area (Å²) in [6.45, 7) is -0.211. The Labute approximate surface area is 161 Å². The van der Waals surface area contributed by atoms with E-state index in [0.717, 1.165) is 31.4 Å². The second-order valence-electron chi connectivity index (χ2n) is 6.69. The van der Waals surface area contributed by atoms with Crippen molar-refractivity contribution in [1.82, 2.24) is 14.8 Å². The van der Waals surface area contributed by atoms with Crippen LogP contribution in [0.3, 0.4) is 0 Å². The molecule has 1 aliphatic carbocycles. The Bertz CT molecular complexity index is 823. The van der Waals surface area contributed by atoms with Gasteiger partial charge in [-0.2, -0.15) is 5.10 Å². The fourth-order valence-electron chi connectivity index (χ4n) is 3.17. The number of aromatic nitrogens is 3. The van der Waals surface area contributed by atoms with Crippen LogP contribution in [-0.2, 0) is 6.54 Å². The topological polar surface area (TPSA) is 63.0 Å². The number of halogens is 3. The van der Waals surface area contributed by atoms with Crippen molar-refractivity contribution in [2.75, 3.05) is 11.9 Å². The van der Waals surface area contributed by atoms with Crippen LogP contribution in [0, 0.1) is 17.8 Å². The molecule has 0 spiro atoms. The zero-order valence-electron chi connectivity index (χ0n) is 14.7. The van der Waals surface area contributed by atoms with Crippen molar-refractivity contribution in [1.29, 1.82) is 0 Å². The largest absolute Gasteiger partial charge is 0.396 e. The van der Waals surface area contributed by atoms with Crippen LogP contribution >= 0.6 is 11.6 Å². The molecule has 3 rings (SSSR count). The summed E-state index contributed by atoms with van der Waals surface area (Å²) in [5.41, 5.74) is 2.04. The van der Waals surface area contributed by atoms with Gasteiger partial charge in [0.05, 0.1) is 23.0 Å². The van der Waals surface area contributed by atoms with Gasteiger partial charge in [-0.3, -0.25) is 4.68 Å². The quantitative estimate of drug-likeness (QED) is 0.601. The van der Waals surface area contributed by atoms with E-state index in [1.807, 2.05) is 0 Å². The number of nitrogens with one attached hydrogen (secondary N) is 1. The SMILES string of the molecule is OCC1CCC(Nc2cc(Cl)ncc2C#Cc2cnn(CC(F)F)c2)CC1. The molecule has 0 radical (unpaired) electrons. The number of hydrogen-bond acceptors (Lipinski definition) is 4. The average molecular weight is 395 g/mol. The Hall–Kier alpha value is -2.17. The molecule has 5 nitrogen and oxygen atoms in total. The van der Waals surface area contributed by atoms with Crippen LogP contribution in [0.15, 0.2) is 24.7 Å². The normalized spacial score (nSPS) is 19.6. The molecule has 2 N–H and O–H groups in total. The summed E-state index contributed by atoms with van der Waals surface area (Å²) in [6.07, 6.45) is 6.00. The number of pyridine rings is 1. The Morgan fingerprint density at radius 1 is 1.26 bits per heavy atom. The number of anilines is 1. The van der Waals surface area contributed by atoms with Gasteiger partial charge in [-0.05, 0) is 37.7 Å². The number of aliphatic hydroxyl groups excluding tert-OH is 1. The van der Waals surface area contributed by atoms with Crippen LogP contribution in [-0.4, -0.2) is 38.9 Å². The Morgan fingerprint density at radius 2 is 2.04 bits per heavy atom. The van der Waals surface area contributed by atoms with Gasteiger partial charge in [0.15, 0.2) is 0 Å². The van der Waals surface area contributed by atoms with Crippen molar-refractivity contribution < 1.29 is 13.9 Å². The van der Waals surface area contributed by atoms with E-state index >= 15 is 0 Å². The van der Waals surface area contributed by atoms with Crippen LogP contribution in [0.1, 0.15) is 36.8 Å². The van der Waals surface area contributed by atoms with E-state index in [4.69, 9.17) is 11.6 Å². The standard InChI is InChI=1S/C19H21ClF2N4O/c20-18-7-17(25-16-5-2-13(12-27)3-6-16)15(9-23-18)4-1-14-8-24-26(10-14)11-19(21)22/h7-10,13,16,19,27H,2-3,5-6,11-12H2,(H,23,25). The fourth-order valence-corrected chi connectivity index (χ4v) is 3.32. The fraction of sp³-hybridized carbons (Fsp3) is 0.474. The van der Waals surface area contributed by atoms with Crippen molar-refractivity contribution in [3.8, 4) is 11.8 Å². The van der Waals surface area contributed by atoms with E-state index in [0.29, 0.717) is 28.2 Å². The van der Waals surface area contributed by atoms with Gasteiger partial charge in [0.25, 0.3) is 6.43 Å². The molecule has 0 amide bonds. The van der Waals surface area contributed by atoms with Gasteiger partial charge in [-0.1, -0.05) is 23.4 Å². The van der Waals surface area contributed by atoms with E-state index in [1.54, 1.807) is 12.3 Å². The van der Waals surface area contributed by atoms with Crippen molar-refractivity contribution in [3.05, 3.63) is 40.9 Å². The molecule has 1 saturated carbocycles. The highest BCUT2D eigenvalue weighted by atomic mass is 35.5. The van der Waals surface area contributed by atoms with Crippen LogP contribution < -0.4 is 5.32 Å². The smallest absolute Gasteiger partial charge is 0.257 e. The van der Waals surface area contributed by atoms with E-state index in [2.05, 4.69) is 27.2 Å². The van der Waals surface area contributed by atoms with Crippen molar-refractivity contribution in [2.45, 2.75) is 44.7 Å². The van der Waals surface area contributed by atoms with E-state index in [9.17, 15) is 13.9 Å². The second kappa shape index (κ2) is 9.16. The van der Waals surface area contributed by atoms with Gasteiger partial charge in [0.2, 0.25) is 0 Å². The van der Waals surface area contributed by atoms with Crippen LogP contribution in [0.2, 0.25) is 5.15 Å². The monoisotopic (exact) mass is 394 g/mol. The average Bonchev–Trinajstić information content (AvgIpc) is 3.08. The lowest BCUT2D eigenvalue weighted by Crippen LogP contribution is -2.27. The molecular formula is C19H21ClF2N4O. The maximum atomic E-state index is 12.4. The minimum absolute atomic E-state index is 0.240. The summed E-state index contributed by atoms with van der Waals surface area (Å²) in [7, 11) is 0. The summed E-state index contributed by atoms with van der Waals surface area (Å²) < 4.78 is 26.0. The highest BCUT2D eigenvalue weighted by Gasteiger charge is 2.21. The molecule has 27 heavy (non-hydrogen) atoms. The van der Waals surface area contributed by atoms with E-state index < -0.39 is 13.0 Å². The number of hydrogen-bond donors (Lipinski definition) is 2. The summed E-state index contributed by atoms with van der Waals surface area (Å²) in [6, 6.07) is 2.03. The lowest BCUT2D eigenvalue weighted by Gasteiger charge is -2.29. The van der Waals surface area contributed by atoms with Gasteiger partial charge in [-0.25, -0.2) is 13.8 Å². The molecule has 0 saturated heterocycles. The lowest BCUT2D eigenvalue weighted by molar-refractivity contribution is 0.122. The molecular weight excluding hydrogens is 374 g/mol. The van der Waals surface area contributed by atoms with Crippen LogP contribution in [0.25, 0.3) is 0 Å². The zero-order chi connectivity index (χ0) is 19.2. The molecule has 0 aliphatic heterocycles. The first kappa shape index (κ1) is 19.6. The minimum atomic E-state index is -2.46. The van der Waals surface area contributed by atoms with Crippen molar-refractivity contribution >= 4 is 17.3 Å². The Kier molecular flexibility index (Phi) is 6.64. The molecule has 0 bridgehead atoms. The molecule has 8 heteroatoms. The summed E-state index contributed by atoms with van der Waals surface area (Å²) in [5, 5.41) is 17.0. The highest BCUT2D eigenvalue weighted by Crippen LogP contribution is 2.28. The van der Waals surface area contributed by atoms with Gasteiger partial charge in [0.1, 0.15) is 11.7 Å². The number of alkyl halides is 2. The predicted molar refractivity (Wildman–Crippen MR) is 99.9 cm³/mol. The molecule has 1 aliphatic rings. The molecule has 2 heterocycles. The highest BCUT2D eigenvalue weighted by molar-refractivity contribution is 6.29. The third kappa shape index (κ3) is 5.65. The molecule has 2 aromatic rings. The Balaban J connectivity index is 1.72. The second-order valence-corrected chi connectivity index (χ2v) is 7.08. The summed E-state index contributed by atoms with van der Waals surface area (Å²) >= 11 is 6.03. The Morgan fingerprint density at radius 3 is 2.74 bits per heavy atom. The molecule has 0 unspecified atom stereocenters. The maximum absolute atomic E-state index is 12.4. The number of rotatable bonds is 5. The van der Waals surface area contributed by atoms with E-state index in [1.165, 1.54) is 17.1 Å². The van der Waals surface area contributed by atoms with Crippen LogP contribution in [0.5, 0.6) is 0 Å². The van der Waals surface area contributed by atoms with Gasteiger partial charge < -0.3 is 10.4 Å². The summed E-state index contributed by atoms with van der Waals surface area (Å²) in [4.78, 5) is 4.08. The van der Waals surface area contributed by atoms with Crippen molar-refractivity contribution in [2.24, 2.45) is 5.92 Å². The first-order valence-electron chi connectivity index (χ1n) is 8.89. The molecule has 0 atom stereocenters. The molecule has 0 aromatic carbocycles. The van der Waals surface area contributed by atoms with Gasteiger partial charge in [-0.15, -0.1) is 0 Å². The van der Waals surface area contributed by atoms with E-state index in [-0.39, 0.29) is 6.61 Å². The third-order valence-corrected chi connectivity index (χ3v) is 4.84. The minimum Gasteiger partial charge on any atom is -0.396 e. The first-order chi connectivity index (χ1) is 13.0. The predicted octanol–water partition coefficient (Wildman–Crippen LogP) is 3.56. The zero-order valence-corrected chi connectivity index (χ0v) is 15.5. The molecule has 144 valence electrons. The van der Waals surface area contributed by atoms with Crippen molar-refractivity contribution in [3.63, 3.8) is 0 Å².